The Labute approximate surface area is 284 Å². The zero-order chi connectivity index (χ0) is 32.6. The van der Waals surface area contributed by atoms with Gasteiger partial charge in [0.2, 0.25) is 0 Å². The molecule has 0 N–H and O–H groups in total. The summed E-state index contributed by atoms with van der Waals surface area (Å²) in [5, 5.41) is 5.96. The van der Waals surface area contributed by atoms with Crippen molar-refractivity contribution in [3.8, 4) is 22.9 Å². The van der Waals surface area contributed by atoms with Gasteiger partial charge in [0.05, 0.1) is 27.6 Å². The Morgan fingerprint density at radius 2 is 1.14 bits per heavy atom. The molecule has 3 aromatic heterocycles. The Bertz CT molecular complexity index is 2890. The maximum Gasteiger partial charge on any atom is 0.162 e. The van der Waals surface area contributed by atoms with E-state index in [1.165, 1.54) is 55.0 Å². The van der Waals surface area contributed by atoms with Crippen molar-refractivity contribution in [1.82, 2.24) is 19.1 Å². The second-order valence-corrected chi connectivity index (χ2v) is 14.9. The van der Waals surface area contributed by atoms with Crippen molar-refractivity contribution in [3.05, 3.63) is 144 Å². The summed E-state index contributed by atoms with van der Waals surface area (Å²) in [5.41, 5.74) is 11.9. The lowest BCUT2D eigenvalue weighted by atomic mass is 9.59. The Morgan fingerprint density at radius 1 is 0.510 bits per heavy atom. The van der Waals surface area contributed by atoms with Crippen LogP contribution in [0.1, 0.15) is 50.3 Å². The van der Waals surface area contributed by atoms with Gasteiger partial charge in [-0.3, -0.25) is 4.57 Å². The summed E-state index contributed by atoms with van der Waals surface area (Å²) in [7, 11) is 0. The largest absolute Gasteiger partial charge is 0.307 e. The van der Waals surface area contributed by atoms with Crippen molar-refractivity contribution in [2.75, 3.05) is 0 Å². The van der Waals surface area contributed by atoms with Crippen molar-refractivity contribution in [2.24, 2.45) is 0 Å². The molecule has 0 fully saturated rings. The predicted molar refractivity (Wildman–Crippen MR) is 202 cm³/mol. The van der Waals surface area contributed by atoms with E-state index in [1.54, 1.807) is 0 Å². The smallest absolute Gasteiger partial charge is 0.162 e. The van der Waals surface area contributed by atoms with Gasteiger partial charge in [-0.1, -0.05) is 112 Å². The second-order valence-electron chi connectivity index (χ2n) is 14.9. The molecule has 0 spiro atoms. The zero-order valence-corrected chi connectivity index (χ0v) is 27.8. The summed E-state index contributed by atoms with van der Waals surface area (Å²) in [6.07, 6.45) is 2.13. The normalized spacial score (nSPS) is 17.8. The lowest BCUT2D eigenvalue weighted by Gasteiger charge is -2.45. The first-order valence-electron chi connectivity index (χ1n) is 17.4. The minimum absolute atomic E-state index is 0.0203. The van der Waals surface area contributed by atoms with E-state index in [1.807, 2.05) is 0 Å². The molecule has 0 saturated heterocycles. The molecule has 9 aromatic rings. The molecular weight excluding hydrogens is 597 g/mol. The minimum atomic E-state index is -0.210. The number of nitrogens with zero attached hydrogens (tertiary/aromatic N) is 4. The molecule has 0 amide bonds. The van der Waals surface area contributed by atoms with Gasteiger partial charge in [-0.15, -0.1) is 0 Å². The van der Waals surface area contributed by atoms with Crippen LogP contribution >= 0.6 is 0 Å². The number of rotatable bonds is 0. The van der Waals surface area contributed by atoms with E-state index in [9.17, 15) is 0 Å². The molecule has 1 unspecified atom stereocenters. The summed E-state index contributed by atoms with van der Waals surface area (Å²) in [6, 6.07) is 47.0. The standard InChI is InChI=1S/C45H34N4/c1-44(2)24-25-45(3)34-16-8-4-14-32(34)42-46-37-17-9-5-15-33(37)43(47-42)49-39-19-11-7-13-29(39)31-22-21-30-28-12-6-10-18-38(28)48(40(30)41(31)49)27-20-23-35(45)36(44)26-27/h4-23,26H,24-25H2,1-3H3. The van der Waals surface area contributed by atoms with E-state index >= 15 is 0 Å². The Morgan fingerprint density at radius 3 is 1.92 bits per heavy atom. The molecule has 234 valence electrons. The van der Waals surface area contributed by atoms with Crippen LogP contribution in [0, 0.1) is 0 Å². The summed E-state index contributed by atoms with van der Waals surface area (Å²) in [5.74, 6) is 1.68. The van der Waals surface area contributed by atoms with Crippen LogP contribution in [0.15, 0.2) is 127 Å². The van der Waals surface area contributed by atoms with Crippen LogP contribution in [-0.2, 0) is 10.8 Å². The van der Waals surface area contributed by atoms with Gasteiger partial charge in [-0.2, -0.15) is 0 Å². The molecule has 0 radical (unpaired) electrons. The number of hydrogen-bond donors (Lipinski definition) is 0. The summed E-state index contributed by atoms with van der Waals surface area (Å²) < 4.78 is 4.95. The molecule has 6 bridgehead atoms. The number of aromatic nitrogens is 4. The van der Waals surface area contributed by atoms with Crippen LogP contribution in [0.4, 0.5) is 0 Å². The number of para-hydroxylation sites is 3. The summed E-state index contributed by atoms with van der Waals surface area (Å²) in [4.78, 5) is 10.9. The quantitative estimate of drug-likeness (QED) is 0.167. The molecule has 0 saturated carbocycles. The van der Waals surface area contributed by atoms with E-state index in [2.05, 4.69) is 157 Å². The Kier molecular flexibility index (Phi) is 5.13. The Hall–Kier alpha value is -5.74. The average molecular weight is 631 g/mol. The first-order chi connectivity index (χ1) is 23.9. The fourth-order valence-electron chi connectivity index (χ4n) is 9.32. The van der Waals surface area contributed by atoms with Crippen molar-refractivity contribution in [2.45, 2.75) is 44.4 Å². The van der Waals surface area contributed by atoms with Crippen molar-refractivity contribution in [1.29, 1.82) is 0 Å². The summed E-state index contributed by atoms with van der Waals surface area (Å²) in [6.45, 7) is 7.28. The van der Waals surface area contributed by atoms with E-state index in [-0.39, 0.29) is 10.8 Å². The SMILES string of the molecule is CC1(C)CCC2(C)c3ccccc3-c3nc(c4ccccc4n3)-n3c4ccccc4c4ccc5c6ccccc6n(c5c43)-c3ccc2c1c3. The van der Waals surface area contributed by atoms with Crippen LogP contribution in [0.3, 0.4) is 0 Å². The highest BCUT2D eigenvalue weighted by atomic mass is 15.1. The molecule has 4 heteroatoms. The van der Waals surface area contributed by atoms with Gasteiger partial charge in [-0.05, 0) is 71.3 Å². The molecule has 49 heavy (non-hydrogen) atoms. The van der Waals surface area contributed by atoms with Gasteiger partial charge >= 0.3 is 0 Å². The van der Waals surface area contributed by atoms with E-state index in [4.69, 9.17) is 9.97 Å². The highest BCUT2D eigenvalue weighted by Crippen LogP contribution is 2.52. The molecule has 6 aromatic carbocycles. The van der Waals surface area contributed by atoms with Crippen LogP contribution < -0.4 is 0 Å². The van der Waals surface area contributed by atoms with E-state index in [0.717, 1.165) is 52.0 Å². The van der Waals surface area contributed by atoms with Crippen LogP contribution in [0.25, 0.3) is 77.4 Å². The molecule has 5 heterocycles. The van der Waals surface area contributed by atoms with Crippen molar-refractivity contribution >= 4 is 54.5 Å². The highest BCUT2D eigenvalue weighted by Gasteiger charge is 2.42. The third-order valence-electron chi connectivity index (χ3n) is 11.9. The second kappa shape index (κ2) is 9.24. The lowest BCUT2D eigenvalue weighted by Crippen LogP contribution is -2.37. The molecular formula is C45H34N4. The van der Waals surface area contributed by atoms with Crippen molar-refractivity contribution in [3.63, 3.8) is 0 Å². The van der Waals surface area contributed by atoms with E-state index in [0.29, 0.717) is 0 Å². The first kappa shape index (κ1) is 27.2. The van der Waals surface area contributed by atoms with Gasteiger partial charge in [0.15, 0.2) is 5.82 Å². The van der Waals surface area contributed by atoms with Crippen LogP contribution in [-0.4, -0.2) is 19.1 Å². The fraction of sp³-hybridized carbons (Fsp3) is 0.156. The third-order valence-corrected chi connectivity index (χ3v) is 11.9. The zero-order valence-electron chi connectivity index (χ0n) is 27.8. The predicted octanol–water partition coefficient (Wildman–Crippen LogP) is 11.2. The van der Waals surface area contributed by atoms with Gasteiger partial charge in [0.1, 0.15) is 5.82 Å². The molecule has 1 aliphatic carbocycles. The fourth-order valence-corrected chi connectivity index (χ4v) is 9.32. The first-order valence-corrected chi connectivity index (χ1v) is 17.4. The van der Waals surface area contributed by atoms with Crippen LogP contribution in [0.5, 0.6) is 0 Å². The number of fused-ring (bicyclic) bond motifs is 6. The lowest BCUT2D eigenvalue weighted by molar-refractivity contribution is 0.350. The number of benzene rings is 6. The number of hydrogen-bond acceptors (Lipinski definition) is 2. The molecule has 2 aliphatic heterocycles. The topological polar surface area (TPSA) is 35.6 Å². The maximum absolute atomic E-state index is 5.61. The molecule has 3 aliphatic rings. The van der Waals surface area contributed by atoms with Gasteiger partial charge in [0, 0.05) is 43.6 Å². The van der Waals surface area contributed by atoms with Gasteiger partial charge in [-0.25, -0.2) is 9.97 Å². The molecule has 1 atom stereocenters. The maximum atomic E-state index is 5.61. The third kappa shape index (κ3) is 3.43. The molecule has 4 nitrogen and oxygen atoms in total. The van der Waals surface area contributed by atoms with E-state index < -0.39 is 0 Å². The monoisotopic (exact) mass is 630 g/mol. The van der Waals surface area contributed by atoms with Gasteiger partial charge in [0.25, 0.3) is 0 Å². The van der Waals surface area contributed by atoms with Crippen LogP contribution in [0.2, 0.25) is 0 Å². The minimum Gasteiger partial charge on any atom is -0.307 e. The average Bonchev–Trinajstić information content (AvgIpc) is 3.66. The van der Waals surface area contributed by atoms with Gasteiger partial charge < -0.3 is 4.57 Å². The molecule has 12 rings (SSSR count). The van der Waals surface area contributed by atoms with Crippen molar-refractivity contribution < 1.29 is 0 Å². The highest BCUT2D eigenvalue weighted by molar-refractivity contribution is 6.24. The Balaban J connectivity index is 1.46. The summed E-state index contributed by atoms with van der Waals surface area (Å²) >= 11 is 0.